The van der Waals surface area contributed by atoms with E-state index in [0.29, 0.717) is 35.1 Å². The molecule has 0 fully saturated rings. The number of nitrogens with zero attached hydrogens (tertiary/aromatic N) is 1. The standard InChI is InChI=1S/C20H21NO5S/c1-4-25-18-8-6-7-14(20(18)24-3)9-12-19-21-16-13-15(27(22,23)5-2)10-11-17(16)26-19/h6-13H,4-5H2,1-3H3/b12-9+. The largest absolute Gasteiger partial charge is 0.492 e. The molecule has 0 N–H and O–H groups in total. The predicted octanol–water partition coefficient (Wildman–Crippen LogP) is 4.20. The average Bonchev–Trinajstić information content (AvgIpc) is 3.08. The lowest BCUT2D eigenvalue weighted by molar-refractivity contribution is 0.310. The number of rotatable bonds is 7. The van der Waals surface area contributed by atoms with E-state index in [4.69, 9.17) is 13.9 Å². The summed E-state index contributed by atoms with van der Waals surface area (Å²) < 4.78 is 40.7. The second-order valence-electron chi connectivity index (χ2n) is 5.73. The fourth-order valence-corrected chi connectivity index (χ4v) is 3.57. The first-order valence-corrected chi connectivity index (χ1v) is 10.2. The molecule has 0 radical (unpaired) electrons. The molecule has 2 aromatic carbocycles. The highest BCUT2D eigenvalue weighted by molar-refractivity contribution is 7.91. The summed E-state index contributed by atoms with van der Waals surface area (Å²) >= 11 is 0. The lowest BCUT2D eigenvalue weighted by Gasteiger charge is -2.11. The Bertz CT molecular complexity index is 1080. The van der Waals surface area contributed by atoms with E-state index in [1.54, 1.807) is 26.2 Å². The number of oxazole rings is 1. The Labute approximate surface area is 158 Å². The number of fused-ring (bicyclic) bond motifs is 1. The number of hydrogen-bond acceptors (Lipinski definition) is 6. The van der Waals surface area contributed by atoms with Crippen molar-refractivity contribution < 1.29 is 22.3 Å². The summed E-state index contributed by atoms with van der Waals surface area (Å²) in [5, 5.41) is 0. The van der Waals surface area contributed by atoms with E-state index in [1.807, 2.05) is 31.2 Å². The van der Waals surface area contributed by atoms with Gasteiger partial charge in [-0.25, -0.2) is 13.4 Å². The normalized spacial score (nSPS) is 12.0. The van der Waals surface area contributed by atoms with Crippen LogP contribution < -0.4 is 9.47 Å². The van der Waals surface area contributed by atoms with Crippen LogP contribution in [0.5, 0.6) is 11.5 Å². The fourth-order valence-electron chi connectivity index (χ4n) is 2.67. The maximum atomic E-state index is 12.0. The van der Waals surface area contributed by atoms with Crippen molar-refractivity contribution >= 4 is 33.1 Å². The number of benzene rings is 2. The predicted molar refractivity (Wildman–Crippen MR) is 105 cm³/mol. The molecule has 0 amide bonds. The third kappa shape index (κ3) is 3.98. The molecule has 0 bridgehead atoms. The van der Waals surface area contributed by atoms with E-state index in [1.165, 1.54) is 12.1 Å². The molecule has 1 heterocycles. The van der Waals surface area contributed by atoms with Crippen LogP contribution >= 0.6 is 0 Å². The van der Waals surface area contributed by atoms with Crippen molar-refractivity contribution in [2.45, 2.75) is 18.7 Å². The van der Waals surface area contributed by atoms with Crippen molar-refractivity contribution in [2.75, 3.05) is 19.5 Å². The molecule has 1 aromatic heterocycles. The summed E-state index contributed by atoms with van der Waals surface area (Å²) in [6, 6.07) is 10.3. The first-order chi connectivity index (χ1) is 13.0. The average molecular weight is 387 g/mol. The molecular formula is C20H21NO5S. The quantitative estimate of drug-likeness (QED) is 0.605. The van der Waals surface area contributed by atoms with Crippen LogP contribution in [0.1, 0.15) is 25.3 Å². The third-order valence-corrected chi connectivity index (χ3v) is 5.77. The van der Waals surface area contributed by atoms with Crippen LogP contribution in [0.3, 0.4) is 0 Å². The number of aromatic nitrogens is 1. The minimum Gasteiger partial charge on any atom is -0.492 e. The summed E-state index contributed by atoms with van der Waals surface area (Å²) in [5.41, 5.74) is 1.85. The van der Waals surface area contributed by atoms with Crippen LogP contribution in [-0.4, -0.2) is 32.9 Å². The molecule has 27 heavy (non-hydrogen) atoms. The van der Waals surface area contributed by atoms with Gasteiger partial charge >= 0.3 is 0 Å². The lowest BCUT2D eigenvalue weighted by Crippen LogP contribution is -2.03. The maximum absolute atomic E-state index is 12.0. The third-order valence-electron chi connectivity index (χ3n) is 4.03. The fraction of sp³-hybridized carbons (Fsp3) is 0.250. The Balaban J connectivity index is 1.94. The molecule has 0 atom stereocenters. The van der Waals surface area contributed by atoms with Crippen LogP contribution in [0.2, 0.25) is 0 Å². The number of hydrogen-bond donors (Lipinski definition) is 0. The van der Waals surface area contributed by atoms with Gasteiger partial charge in [0.05, 0.1) is 24.4 Å². The summed E-state index contributed by atoms with van der Waals surface area (Å²) in [6.45, 7) is 4.06. The van der Waals surface area contributed by atoms with Gasteiger partial charge in [0, 0.05) is 11.6 Å². The second-order valence-corrected chi connectivity index (χ2v) is 8.01. The maximum Gasteiger partial charge on any atom is 0.220 e. The van der Waals surface area contributed by atoms with Crippen LogP contribution in [0.25, 0.3) is 23.3 Å². The van der Waals surface area contributed by atoms with Gasteiger partial charge in [0.15, 0.2) is 26.9 Å². The van der Waals surface area contributed by atoms with E-state index in [-0.39, 0.29) is 10.6 Å². The molecule has 0 aliphatic heterocycles. The van der Waals surface area contributed by atoms with E-state index in [2.05, 4.69) is 4.98 Å². The number of sulfone groups is 1. The highest BCUT2D eigenvalue weighted by Gasteiger charge is 2.14. The Morgan fingerprint density at radius 2 is 1.96 bits per heavy atom. The monoisotopic (exact) mass is 387 g/mol. The summed E-state index contributed by atoms with van der Waals surface area (Å²) in [6.07, 6.45) is 3.53. The Hall–Kier alpha value is -2.80. The van der Waals surface area contributed by atoms with Crippen molar-refractivity contribution in [1.29, 1.82) is 0 Å². The molecule has 0 saturated carbocycles. The zero-order valence-electron chi connectivity index (χ0n) is 15.4. The molecule has 0 aliphatic carbocycles. The highest BCUT2D eigenvalue weighted by atomic mass is 32.2. The van der Waals surface area contributed by atoms with Gasteiger partial charge in [-0.3, -0.25) is 0 Å². The van der Waals surface area contributed by atoms with Crippen LogP contribution in [0.15, 0.2) is 45.7 Å². The molecule has 3 aromatic rings. The van der Waals surface area contributed by atoms with Crippen molar-refractivity contribution in [2.24, 2.45) is 0 Å². The first-order valence-electron chi connectivity index (χ1n) is 8.59. The number of para-hydroxylation sites is 1. The molecule has 7 heteroatoms. The van der Waals surface area contributed by atoms with E-state index >= 15 is 0 Å². The summed E-state index contributed by atoms with van der Waals surface area (Å²) in [5.74, 6) is 1.70. The second kappa shape index (κ2) is 7.84. The van der Waals surface area contributed by atoms with Gasteiger partial charge in [-0.2, -0.15) is 0 Å². The Morgan fingerprint density at radius 1 is 1.15 bits per heavy atom. The summed E-state index contributed by atoms with van der Waals surface area (Å²) in [4.78, 5) is 4.60. The van der Waals surface area contributed by atoms with Crippen molar-refractivity contribution in [3.63, 3.8) is 0 Å². The van der Waals surface area contributed by atoms with Gasteiger partial charge in [0.25, 0.3) is 0 Å². The molecule has 0 saturated heterocycles. The van der Waals surface area contributed by atoms with Crippen LogP contribution in [0.4, 0.5) is 0 Å². The van der Waals surface area contributed by atoms with Gasteiger partial charge in [0.1, 0.15) is 5.52 Å². The van der Waals surface area contributed by atoms with Crippen molar-refractivity contribution in [1.82, 2.24) is 4.98 Å². The minimum atomic E-state index is -3.29. The minimum absolute atomic E-state index is 0.0408. The van der Waals surface area contributed by atoms with Crippen molar-refractivity contribution in [3.05, 3.63) is 47.9 Å². The lowest BCUT2D eigenvalue weighted by atomic mass is 10.1. The summed E-state index contributed by atoms with van der Waals surface area (Å²) in [7, 11) is -1.70. The Kier molecular flexibility index (Phi) is 5.51. The van der Waals surface area contributed by atoms with Crippen molar-refractivity contribution in [3.8, 4) is 11.5 Å². The number of methoxy groups -OCH3 is 1. The van der Waals surface area contributed by atoms with Crippen LogP contribution in [0, 0.1) is 0 Å². The van der Waals surface area contributed by atoms with Crippen LogP contribution in [-0.2, 0) is 9.84 Å². The zero-order chi connectivity index (χ0) is 19.4. The van der Waals surface area contributed by atoms with E-state index in [0.717, 1.165) is 5.56 Å². The molecule has 0 aliphatic rings. The number of ether oxygens (including phenoxy) is 2. The van der Waals surface area contributed by atoms with Gasteiger partial charge in [-0.1, -0.05) is 19.1 Å². The molecule has 0 unspecified atom stereocenters. The molecular weight excluding hydrogens is 366 g/mol. The zero-order valence-corrected chi connectivity index (χ0v) is 16.2. The van der Waals surface area contributed by atoms with E-state index < -0.39 is 9.84 Å². The van der Waals surface area contributed by atoms with Gasteiger partial charge < -0.3 is 13.9 Å². The topological polar surface area (TPSA) is 78.6 Å². The van der Waals surface area contributed by atoms with E-state index in [9.17, 15) is 8.42 Å². The van der Waals surface area contributed by atoms with Gasteiger partial charge in [-0.05, 0) is 37.3 Å². The molecule has 3 rings (SSSR count). The molecule has 6 nitrogen and oxygen atoms in total. The smallest absolute Gasteiger partial charge is 0.220 e. The first kappa shape index (κ1) is 19.0. The molecule has 0 spiro atoms. The van der Waals surface area contributed by atoms with Gasteiger partial charge in [0.2, 0.25) is 5.89 Å². The Morgan fingerprint density at radius 3 is 2.67 bits per heavy atom. The highest BCUT2D eigenvalue weighted by Crippen LogP contribution is 2.32. The van der Waals surface area contributed by atoms with Gasteiger partial charge in [-0.15, -0.1) is 0 Å². The molecule has 142 valence electrons. The SMILES string of the molecule is CCOc1cccc(/C=C/c2nc3cc(S(=O)(=O)CC)ccc3o2)c1OC.